The first-order valence-electron chi connectivity index (χ1n) is 11.1. The van der Waals surface area contributed by atoms with E-state index in [2.05, 4.69) is 42.8 Å². The lowest BCUT2D eigenvalue weighted by Crippen LogP contribution is -2.30. The summed E-state index contributed by atoms with van der Waals surface area (Å²) in [5.74, 6) is -0.182. The molecular weight excluding hydrogens is 446 g/mol. The topological polar surface area (TPSA) is 72.5 Å². The minimum absolute atomic E-state index is 0.0744. The first-order chi connectivity index (χ1) is 16.3. The van der Waals surface area contributed by atoms with Crippen LogP contribution in [0.5, 0.6) is 0 Å². The first kappa shape index (κ1) is 23.7. The van der Waals surface area contributed by atoms with E-state index in [9.17, 15) is 13.2 Å². The summed E-state index contributed by atoms with van der Waals surface area (Å²) in [5, 5.41) is 1.36. The lowest BCUT2D eigenvalue weighted by molar-refractivity contribution is 0.0980. The van der Waals surface area contributed by atoms with Gasteiger partial charge in [-0.2, -0.15) is 0 Å². The zero-order valence-electron chi connectivity index (χ0n) is 19.2. The summed E-state index contributed by atoms with van der Waals surface area (Å²) < 4.78 is 33.7. The molecule has 0 aliphatic heterocycles. The SMILES string of the molecule is CC(C)c1ccc(COCc2ccc(C(=O)NS(=O)(=O)c3cccc4ccccc34)cc2)cc1. The minimum atomic E-state index is -4.02. The number of nitrogens with one attached hydrogen (secondary N) is 1. The normalized spacial score (nSPS) is 11.6. The van der Waals surface area contributed by atoms with Crippen LogP contribution in [0.3, 0.4) is 0 Å². The lowest BCUT2D eigenvalue weighted by atomic mass is 10.0. The number of rotatable bonds is 8. The Morgan fingerprint density at radius 2 is 1.38 bits per heavy atom. The molecule has 0 unspecified atom stereocenters. The van der Waals surface area contributed by atoms with Crippen LogP contribution in [0.1, 0.15) is 46.8 Å². The second-order valence-corrected chi connectivity index (χ2v) is 10.1. The van der Waals surface area contributed by atoms with Crippen molar-refractivity contribution < 1.29 is 17.9 Å². The second-order valence-electron chi connectivity index (χ2n) is 8.50. The number of hydrogen-bond acceptors (Lipinski definition) is 4. The molecule has 0 aromatic heterocycles. The molecule has 0 fully saturated rings. The summed E-state index contributed by atoms with van der Waals surface area (Å²) in [6, 6.07) is 27.2. The molecule has 0 saturated heterocycles. The number of ether oxygens (including phenoxy) is 1. The largest absolute Gasteiger partial charge is 0.372 e. The van der Waals surface area contributed by atoms with E-state index in [1.54, 1.807) is 42.5 Å². The van der Waals surface area contributed by atoms with Crippen LogP contribution in [0, 0.1) is 0 Å². The fourth-order valence-electron chi connectivity index (χ4n) is 3.70. The van der Waals surface area contributed by atoms with E-state index in [1.165, 1.54) is 11.6 Å². The third-order valence-electron chi connectivity index (χ3n) is 5.67. The van der Waals surface area contributed by atoms with E-state index < -0.39 is 15.9 Å². The predicted octanol–water partition coefficient (Wildman–Crippen LogP) is 5.80. The molecule has 0 heterocycles. The number of sulfonamides is 1. The average molecular weight is 474 g/mol. The van der Waals surface area contributed by atoms with Crippen molar-refractivity contribution in [3.8, 4) is 0 Å². The van der Waals surface area contributed by atoms with Crippen molar-refractivity contribution in [1.29, 1.82) is 0 Å². The van der Waals surface area contributed by atoms with Crippen LogP contribution in [0.25, 0.3) is 10.8 Å². The summed E-state index contributed by atoms with van der Waals surface area (Å²) in [4.78, 5) is 12.7. The first-order valence-corrected chi connectivity index (χ1v) is 12.6. The Morgan fingerprint density at radius 3 is 2.03 bits per heavy atom. The fraction of sp³-hybridized carbons (Fsp3) is 0.179. The highest BCUT2D eigenvalue weighted by Gasteiger charge is 2.21. The molecule has 6 heteroatoms. The third-order valence-corrected chi connectivity index (χ3v) is 7.06. The van der Waals surface area contributed by atoms with E-state index in [-0.39, 0.29) is 10.5 Å². The van der Waals surface area contributed by atoms with E-state index in [0.717, 1.165) is 16.5 Å². The van der Waals surface area contributed by atoms with Gasteiger partial charge in [-0.05, 0) is 46.2 Å². The zero-order valence-corrected chi connectivity index (χ0v) is 20.0. The van der Waals surface area contributed by atoms with Crippen LogP contribution in [-0.2, 0) is 28.0 Å². The monoisotopic (exact) mass is 473 g/mol. The highest BCUT2D eigenvalue weighted by molar-refractivity contribution is 7.90. The Hall–Kier alpha value is -3.48. The van der Waals surface area contributed by atoms with Crippen LogP contribution in [0.4, 0.5) is 0 Å². The van der Waals surface area contributed by atoms with Gasteiger partial charge in [-0.15, -0.1) is 0 Å². The smallest absolute Gasteiger partial charge is 0.264 e. The molecular formula is C28H27NO4S. The van der Waals surface area contributed by atoms with Gasteiger partial charge in [0, 0.05) is 10.9 Å². The van der Waals surface area contributed by atoms with Crippen molar-refractivity contribution in [2.45, 2.75) is 37.9 Å². The molecule has 4 aromatic rings. The molecule has 1 N–H and O–H groups in total. The molecule has 1 amide bonds. The van der Waals surface area contributed by atoms with Gasteiger partial charge in [0.1, 0.15) is 0 Å². The third kappa shape index (κ3) is 5.53. The summed E-state index contributed by atoms with van der Waals surface area (Å²) in [5.41, 5.74) is 3.54. The van der Waals surface area contributed by atoms with Crippen molar-refractivity contribution in [2.24, 2.45) is 0 Å². The molecule has 34 heavy (non-hydrogen) atoms. The lowest BCUT2D eigenvalue weighted by Gasteiger charge is -2.10. The number of fused-ring (bicyclic) bond motifs is 1. The fourth-order valence-corrected chi connectivity index (χ4v) is 4.91. The summed E-state index contributed by atoms with van der Waals surface area (Å²) in [6.45, 7) is 5.20. The Labute approximate surface area is 200 Å². The van der Waals surface area contributed by atoms with Crippen molar-refractivity contribution >= 4 is 26.7 Å². The van der Waals surface area contributed by atoms with Crippen molar-refractivity contribution in [3.63, 3.8) is 0 Å². The van der Waals surface area contributed by atoms with E-state index >= 15 is 0 Å². The maximum atomic E-state index is 12.9. The molecule has 0 spiro atoms. The Kier molecular flexibility index (Phi) is 7.10. The summed E-state index contributed by atoms with van der Waals surface area (Å²) >= 11 is 0. The number of amides is 1. The number of benzene rings is 4. The van der Waals surface area contributed by atoms with Gasteiger partial charge in [-0.25, -0.2) is 13.1 Å². The summed E-state index contributed by atoms with van der Waals surface area (Å²) in [7, 11) is -4.02. The molecule has 4 rings (SSSR count). The van der Waals surface area contributed by atoms with Crippen LogP contribution in [0.15, 0.2) is 95.9 Å². The van der Waals surface area contributed by atoms with Crippen LogP contribution in [0.2, 0.25) is 0 Å². The Balaban J connectivity index is 1.37. The maximum Gasteiger partial charge on any atom is 0.264 e. The van der Waals surface area contributed by atoms with Gasteiger partial charge in [0.05, 0.1) is 18.1 Å². The van der Waals surface area contributed by atoms with Gasteiger partial charge in [0.2, 0.25) is 0 Å². The number of carbonyl (C=O) groups is 1. The van der Waals surface area contributed by atoms with E-state index in [4.69, 9.17) is 4.74 Å². The van der Waals surface area contributed by atoms with Gasteiger partial charge in [0.25, 0.3) is 15.9 Å². The molecule has 0 aliphatic carbocycles. The summed E-state index contributed by atoms with van der Waals surface area (Å²) in [6.07, 6.45) is 0. The average Bonchev–Trinajstić information content (AvgIpc) is 2.84. The van der Waals surface area contributed by atoms with E-state index in [0.29, 0.717) is 24.5 Å². The van der Waals surface area contributed by atoms with Gasteiger partial charge >= 0.3 is 0 Å². The molecule has 5 nitrogen and oxygen atoms in total. The number of carbonyl (C=O) groups excluding carboxylic acids is 1. The van der Waals surface area contributed by atoms with Gasteiger partial charge < -0.3 is 4.74 Å². The van der Waals surface area contributed by atoms with Crippen LogP contribution in [-0.4, -0.2) is 14.3 Å². The van der Waals surface area contributed by atoms with Gasteiger partial charge in [-0.3, -0.25) is 4.79 Å². The molecule has 0 atom stereocenters. The predicted molar refractivity (Wildman–Crippen MR) is 134 cm³/mol. The van der Waals surface area contributed by atoms with Crippen LogP contribution < -0.4 is 4.72 Å². The van der Waals surface area contributed by atoms with E-state index in [1.807, 2.05) is 18.2 Å². The highest BCUT2D eigenvalue weighted by atomic mass is 32.2. The standard InChI is InChI=1S/C28H27NO4S/c1-20(2)23-14-10-21(11-15-23)18-33-19-22-12-16-25(17-13-22)28(30)29-34(31,32)27-9-5-7-24-6-3-4-8-26(24)27/h3-17,20H,18-19H2,1-2H3,(H,29,30). The number of hydrogen-bond donors (Lipinski definition) is 1. The molecule has 174 valence electrons. The highest BCUT2D eigenvalue weighted by Crippen LogP contribution is 2.23. The Bertz CT molecular complexity index is 1390. The molecule has 0 radical (unpaired) electrons. The molecule has 0 aliphatic rings. The maximum absolute atomic E-state index is 12.9. The van der Waals surface area contributed by atoms with Crippen molar-refractivity contribution in [2.75, 3.05) is 0 Å². The van der Waals surface area contributed by atoms with Crippen LogP contribution >= 0.6 is 0 Å². The van der Waals surface area contributed by atoms with Crippen molar-refractivity contribution in [3.05, 3.63) is 113 Å². The Morgan fingerprint density at radius 1 is 0.794 bits per heavy atom. The quantitative estimate of drug-likeness (QED) is 0.351. The molecule has 0 bridgehead atoms. The second kappa shape index (κ2) is 10.2. The van der Waals surface area contributed by atoms with Gasteiger partial charge in [-0.1, -0.05) is 86.6 Å². The molecule has 0 saturated carbocycles. The minimum Gasteiger partial charge on any atom is -0.372 e. The van der Waals surface area contributed by atoms with Gasteiger partial charge in [0.15, 0.2) is 0 Å². The van der Waals surface area contributed by atoms with Crippen molar-refractivity contribution in [1.82, 2.24) is 4.72 Å². The molecule has 4 aromatic carbocycles. The zero-order chi connectivity index (χ0) is 24.1.